The number of carbonyl (C=O) groups is 1. The molecule has 0 amide bonds. The fourth-order valence-electron chi connectivity index (χ4n) is 2.80. The van der Waals surface area contributed by atoms with E-state index in [2.05, 4.69) is 10.2 Å². The van der Waals surface area contributed by atoms with Crippen molar-refractivity contribution in [3.05, 3.63) is 47.2 Å². The Bertz CT molecular complexity index is 940. The number of hydrogen-bond acceptors (Lipinski definition) is 6. The first-order valence-electron chi connectivity index (χ1n) is 9.14. The van der Waals surface area contributed by atoms with E-state index in [-0.39, 0.29) is 11.2 Å². The Morgan fingerprint density at radius 2 is 2.14 bits per heavy atom. The van der Waals surface area contributed by atoms with E-state index in [0.717, 1.165) is 17.7 Å². The highest BCUT2D eigenvalue weighted by Crippen LogP contribution is 2.34. The van der Waals surface area contributed by atoms with Gasteiger partial charge >= 0.3 is 5.97 Å². The summed E-state index contributed by atoms with van der Waals surface area (Å²) in [6.07, 6.45) is 3.12. The lowest BCUT2D eigenvalue weighted by Gasteiger charge is -2.16. The minimum atomic E-state index is -0.364. The maximum absolute atomic E-state index is 12.4. The third-order valence-electron chi connectivity index (χ3n) is 4.14. The average molecular weight is 420 g/mol. The molecule has 3 aromatic rings. The SMILES string of the molecule is CCC[C@H](Sc1nnc(-c2ccco2)n1-c1cc(Cl)ccc1C)C(=O)OCC. The van der Waals surface area contributed by atoms with Crippen LogP contribution in [0.4, 0.5) is 0 Å². The highest BCUT2D eigenvalue weighted by molar-refractivity contribution is 8.00. The van der Waals surface area contributed by atoms with Crippen LogP contribution in [0.1, 0.15) is 32.3 Å². The van der Waals surface area contributed by atoms with Crippen LogP contribution in [0.15, 0.2) is 46.2 Å². The maximum atomic E-state index is 12.4. The number of aromatic nitrogens is 3. The summed E-state index contributed by atoms with van der Waals surface area (Å²) in [6.45, 7) is 6.17. The maximum Gasteiger partial charge on any atom is 0.319 e. The van der Waals surface area contributed by atoms with Crippen LogP contribution in [0.5, 0.6) is 0 Å². The van der Waals surface area contributed by atoms with Gasteiger partial charge in [-0.2, -0.15) is 0 Å². The molecule has 0 radical (unpaired) electrons. The molecule has 3 rings (SSSR count). The number of nitrogens with zero attached hydrogens (tertiary/aromatic N) is 3. The zero-order chi connectivity index (χ0) is 20.1. The van der Waals surface area contributed by atoms with Crippen LogP contribution in [0.3, 0.4) is 0 Å². The van der Waals surface area contributed by atoms with Gasteiger partial charge in [-0.05, 0) is 50.1 Å². The molecule has 8 heteroatoms. The van der Waals surface area contributed by atoms with E-state index in [0.29, 0.717) is 34.8 Å². The van der Waals surface area contributed by atoms with E-state index in [1.807, 2.05) is 42.7 Å². The van der Waals surface area contributed by atoms with Crippen LogP contribution in [0, 0.1) is 6.92 Å². The van der Waals surface area contributed by atoms with Gasteiger partial charge in [-0.25, -0.2) is 0 Å². The van der Waals surface area contributed by atoms with Gasteiger partial charge in [0.05, 0.1) is 18.6 Å². The van der Waals surface area contributed by atoms with Gasteiger partial charge in [-0.1, -0.05) is 42.8 Å². The van der Waals surface area contributed by atoms with Crippen LogP contribution in [0.2, 0.25) is 5.02 Å². The molecule has 0 saturated carbocycles. The number of esters is 1. The van der Waals surface area contributed by atoms with Crippen LogP contribution in [-0.2, 0) is 9.53 Å². The summed E-state index contributed by atoms with van der Waals surface area (Å²) in [6, 6.07) is 9.25. The first kappa shape index (κ1) is 20.5. The second-order valence-electron chi connectivity index (χ2n) is 6.20. The lowest BCUT2D eigenvalue weighted by Crippen LogP contribution is -2.21. The van der Waals surface area contributed by atoms with Crippen molar-refractivity contribution in [2.24, 2.45) is 0 Å². The molecule has 0 fully saturated rings. The monoisotopic (exact) mass is 419 g/mol. The summed E-state index contributed by atoms with van der Waals surface area (Å²) >= 11 is 7.60. The topological polar surface area (TPSA) is 70.2 Å². The molecular formula is C20H22ClN3O3S. The van der Waals surface area contributed by atoms with Crippen molar-refractivity contribution < 1.29 is 13.9 Å². The normalized spacial score (nSPS) is 12.1. The fourth-order valence-corrected chi connectivity index (χ4v) is 4.12. The molecule has 1 aromatic carbocycles. The predicted octanol–water partition coefficient (Wildman–Crippen LogP) is 5.31. The van der Waals surface area contributed by atoms with Gasteiger partial charge in [-0.15, -0.1) is 10.2 Å². The first-order valence-corrected chi connectivity index (χ1v) is 10.4. The number of hydrogen-bond donors (Lipinski definition) is 0. The van der Waals surface area contributed by atoms with Crippen molar-refractivity contribution in [3.63, 3.8) is 0 Å². The Morgan fingerprint density at radius 3 is 2.82 bits per heavy atom. The van der Waals surface area contributed by atoms with Crippen molar-refractivity contribution in [1.82, 2.24) is 14.8 Å². The molecule has 0 bridgehead atoms. The van der Waals surface area contributed by atoms with Crippen molar-refractivity contribution >= 4 is 29.3 Å². The van der Waals surface area contributed by atoms with Crippen LogP contribution in [0.25, 0.3) is 17.3 Å². The summed E-state index contributed by atoms with van der Waals surface area (Å²) in [7, 11) is 0. The van der Waals surface area contributed by atoms with Gasteiger partial charge in [0.15, 0.2) is 10.9 Å². The summed E-state index contributed by atoms with van der Waals surface area (Å²) in [5.74, 6) is 0.894. The summed E-state index contributed by atoms with van der Waals surface area (Å²) < 4.78 is 12.7. The molecule has 0 saturated heterocycles. The van der Waals surface area contributed by atoms with Crippen LogP contribution < -0.4 is 0 Å². The first-order chi connectivity index (χ1) is 13.5. The molecule has 28 heavy (non-hydrogen) atoms. The molecule has 1 atom stereocenters. The zero-order valence-corrected chi connectivity index (χ0v) is 17.6. The molecule has 0 unspecified atom stereocenters. The number of halogens is 1. The van der Waals surface area contributed by atoms with E-state index in [9.17, 15) is 4.79 Å². The molecule has 0 N–H and O–H groups in total. The number of carbonyl (C=O) groups excluding carboxylic acids is 1. The van der Waals surface area contributed by atoms with Gasteiger partial charge in [0.25, 0.3) is 0 Å². The van der Waals surface area contributed by atoms with E-state index < -0.39 is 0 Å². The molecule has 2 heterocycles. The van der Waals surface area contributed by atoms with Gasteiger partial charge < -0.3 is 9.15 Å². The zero-order valence-electron chi connectivity index (χ0n) is 16.0. The molecule has 2 aromatic heterocycles. The average Bonchev–Trinajstić information content (AvgIpc) is 3.33. The standard InChI is InChI=1S/C20H22ClN3O3S/c1-4-7-17(19(25)26-5-2)28-20-23-22-18(16-8-6-11-27-16)24(20)15-12-14(21)10-9-13(15)3/h6,8-12,17H,4-5,7H2,1-3H3/t17-/m0/s1. The van der Waals surface area contributed by atoms with Gasteiger partial charge in [0.2, 0.25) is 5.82 Å². The van der Waals surface area contributed by atoms with E-state index in [4.69, 9.17) is 20.8 Å². The van der Waals surface area contributed by atoms with Gasteiger partial charge in [0, 0.05) is 5.02 Å². The summed E-state index contributed by atoms with van der Waals surface area (Å²) in [5.41, 5.74) is 1.84. The Morgan fingerprint density at radius 1 is 1.32 bits per heavy atom. The second kappa shape index (κ2) is 9.30. The van der Waals surface area contributed by atoms with Crippen molar-refractivity contribution in [2.75, 3.05) is 6.61 Å². The summed E-state index contributed by atoms with van der Waals surface area (Å²) in [5, 5.41) is 9.50. The van der Waals surface area contributed by atoms with E-state index >= 15 is 0 Å². The minimum absolute atomic E-state index is 0.244. The third-order valence-corrected chi connectivity index (χ3v) is 5.56. The molecule has 0 aliphatic heterocycles. The van der Waals surface area contributed by atoms with Crippen molar-refractivity contribution in [1.29, 1.82) is 0 Å². The molecule has 148 valence electrons. The second-order valence-corrected chi connectivity index (χ2v) is 7.80. The number of rotatable bonds is 8. The lowest BCUT2D eigenvalue weighted by atomic mass is 10.2. The van der Waals surface area contributed by atoms with Crippen LogP contribution >= 0.6 is 23.4 Å². The minimum Gasteiger partial charge on any atom is -0.465 e. The third kappa shape index (κ3) is 4.42. The fraction of sp³-hybridized carbons (Fsp3) is 0.350. The Hall–Kier alpha value is -2.25. The molecular weight excluding hydrogens is 398 g/mol. The molecule has 0 spiro atoms. The number of benzene rings is 1. The number of ether oxygens (including phenoxy) is 1. The highest BCUT2D eigenvalue weighted by atomic mass is 35.5. The van der Waals surface area contributed by atoms with Gasteiger partial charge in [-0.3, -0.25) is 9.36 Å². The van der Waals surface area contributed by atoms with E-state index in [1.54, 1.807) is 19.3 Å². The van der Waals surface area contributed by atoms with E-state index in [1.165, 1.54) is 11.8 Å². The largest absolute Gasteiger partial charge is 0.465 e. The highest BCUT2D eigenvalue weighted by Gasteiger charge is 2.26. The quantitative estimate of drug-likeness (QED) is 0.364. The Kier molecular flexibility index (Phi) is 6.80. The Labute approximate surface area is 173 Å². The number of thioether (sulfide) groups is 1. The Balaban J connectivity index is 2.09. The molecule has 0 aliphatic carbocycles. The van der Waals surface area contributed by atoms with Crippen molar-refractivity contribution in [2.45, 2.75) is 44.0 Å². The number of furan rings is 1. The van der Waals surface area contributed by atoms with Crippen LogP contribution in [-0.4, -0.2) is 32.6 Å². The smallest absolute Gasteiger partial charge is 0.319 e. The molecule has 0 aliphatic rings. The summed E-state index contributed by atoms with van der Waals surface area (Å²) in [4.78, 5) is 12.4. The van der Waals surface area contributed by atoms with Gasteiger partial charge in [0.1, 0.15) is 5.25 Å². The lowest BCUT2D eigenvalue weighted by molar-refractivity contribution is -0.142. The molecule has 6 nitrogen and oxygen atoms in total. The van der Waals surface area contributed by atoms with Crippen molar-refractivity contribution in [3.8, 4) is 17.3 Å². The number of aryl methyl sites for hydroxylation is 1. The predicted molar refractivity (Wildman–Crippen MR) is 110 cm³/mol.